The summed E-state index contributed by atoms with van der Waals surface area (Å²) in [5.41, 5.74) is 2.27. The summed E-state index contributed by atoms with van der Waals surface area (Å²) in [5, 5.41) is 7.27. The third-order valence-corrected chi connectivity index (χ3v) is 6.93. The zero-order valence-corrected chi connectivity index (χ0v) is 19.9. The van der Waals surface area contributed by atoms with Crippen molar-refractivity contribution >= 4 is 69.2 Å². The summed E-state index contributed by atoms with van der Waals surface area (Å²) >= 11 is 20.0. The normalized spacial score (nSPS) is 18.4. The summed E-state index contributed by atoms with van der Waals surface area (Å²) in [6.45, 7) is 3.67. The van der Waals surface area contributed by atoms with Gasteiger partial charge in [-0.05, 0) is 54.7 Å². The van der Waals surface area contributed by atoms with Gasteiger partial charge < -0.3 is 15.5 Å². The fourth-order valence-electron chi connectivity index (χ4n) is 3.44. The highest BCUT2D eigenvalue weighted by Crippen LogP contribution is 2.45. The van der Waals surface area contributed by atoms with Gasteiger partial charge in [0.05, 0.1) is 32.8 Å². The van der Waals surface area contributed by atoms with Gasteiger partial charge in [0.15, 0.2) is 5.11 Å². The monoisotopic (exact) mass is 490 g/mol. The molecule has 4 rings (SSSR count). The Labute approximate surface area is 200 Å². The molecule has 1 aromatic carbocycles. The Kier molecular flexibility index (Phi) is 6.48. The fraction of sp³-hybridized carbons (Fsp3) is 0.227. The van der Waals surface area contributed by atoms with Crippen LogP contribution in [0.15, 0.2) is 54.7 Å². The fourth-order valence-corrected chi connectivity index (χ4v) is 5.20. The van der Waals surface area contributed by atoms with E-state index in [1.165, 1.54) is 11.3 Å². The van der Waals surface area contributed by atoms with Crippen molar-refractivity contribution in [1.82, 2.24) is 10.3 Å². The Balaban J connectivity index is 1.73. The molecule has 1 aliphatic heterocycles. The molecule has 2 N–H and O–H groups in total. The van der Waals surface area contributed by atoms with Gasteiger partial charge in [-0.2, -0.15) is 0 Å². The Morgan fingerprint density at radius 2 is 2.03 bits per heavy atom. The predicted octanol–water partition coefficient (Wildman–Crippen LogP) is 6.22. The molecule has 2 aromatic heterocycles. The number of thiophene rings is 1. The lowest BCUT2D eigenvalue weighted by atomic mass is 10.0. The van der Waals surface area contributed by atoms with Gasteiger partial charge >= 0.3 is 0 Å². The van der Waals surface area contributed by atoms with Crippen LogP contribution in [-0.4, -0.2) is 16.0 Å². The largest absolute Gasteiger partial charge is 0.351 e. The highest BCUT2D eigenvalue weighted by atomic mass is 35.5. The van der Waals surface area contributed by atoms with Crippen molar-refractivity contribution < 1.29 is 4.79 Å². The van der Waals surface area contributed by atoms with Crippen molar-refractivity contribution in [3.63, 3.8) is 0 Å². The Morgan fingerprint density at radius 3 is 2.65 bits per heavy atom. The van der Waals surface area contributed by atoms with Crippen molar-refractivity contribution in [3.8, 4) is 0 Å². The van der Waals surface area contributed by atoms with E-state index < -0.39 is 0 Å². The molecule has 9 heteroatoms. The van der Waals surface area contributed by atoms with Crippen LogP contribution in [0.25, 0.3) is 0 Å². The third kappa shape index (κ3) is 4.55. The number of carbonyl (C=O) groups is 1. The van der Waals surface area contributed by atoms with E-state index >= 15 is 0 Å². The SMILES string of the molecule is CC(C)C(=O)Nc1ccc(N2C(=S)NC(c3ccccn3)C2c2ccc(Cl)s2)cc1Cl. The van der Waals surface area contributed by atoms with Crippen LogP contribution >= 0.6 is 46.8 Å². The van der Waals surface area contributed by atoms with E-state index in [-0.39, 0.29) is 23.9 Å². The summed E-state index contributed by atoms with van der Waals surface area (Å²) < 4.78 is 0.706. The smallest absolute Gasteiger partial charge is 0.226 e. The second-order valence-electron chi connectivity index (χ2n) is 7.45. The van der Waals surface area contributed by atoms with E-state index in [1.807, 2.05) is 61.2 Å². The molecule has 2 atom stereocenters. The van der Waals surface area contributed by atoms with E-state index in [4.69, 9.17) is 35.4 Å². The molecule has 5 nitrogen and oxygen atoms in total. The van der Waals surface area contributed by atoms with Crippen molar-refractivity contribution in [2.45, 2.75) is 25.9 Å². The Morgan fingerprint density at radius 1 is 1.23 bits per heavy atom. The highest BCUT2D eigenvalue weighted by molar-refractivity contribution is 7.80. The first-order valence-corrected chi connectivity index (χ1v) is 11.7. The molecule has 31 heavy (non-hydrogen) atoms. The molecule has 0 bridgehead atoms. The van der Waals surface area contributed by atoms with Crippen LogP contribution in [-0.2, 0) is 4.79 Å². The lowest BCUT2D eigenvalue weighted by Crippen LogP contribution is -2.29. The maximum absolute atomic E-state index is 12.1. The van der Waals surface area contributed by atoms with Gasteiger partial charge in [0, 0.05) is 22.7 Å². The van der Waals surface area contributed by atoms with E-state index in [9.17, 15) is 4.79 Å². The number of nitrogens with zero attached hydrogens (tertiary/aromatic N) is 2. The number of amides is 1. The molecule has 0 saturated carbocycles. The first-order chi connectivity index (χ1) is 14.8. The van der Waals surface area contributed by atoms with Gasteiger partial charge in [-0.25, -0.2) is 0 Å². The highest BCUT2D eigenvalue weighted by Gasteiger charge is 2.41. The van der Waals surface area contributed by atoms with Crippen molar-refractivity contribution in [3.05, 3.63) is 74.7 Å². The minimum atomic E-state index is -0.150. The second kappa shape index (κ2) is 9.12. The van der Waals surface area contributed by atoms with Crippen LogP contribution < -0.4 is 15.5 Å². The minimum absolute atomic E-state index is 0.0886. The molecule has 1 fully saturated rings. The molecular weight excluding hydrogens is 471 g/mol. The number of thiocarbonyl (C=S) groups is 1. The van der Waals surface area contributed by atoms with Crippen LogP contribution in [0, 0.1) is 5.92 Å². The van der Waals surface area contributed by atoms with E-state index in [2.05, 4.69) is 15.6 Å². The van der Waals surface area contributed by atoms with Crippen LogP contribution in [0.5, 0.6) is 0 Å². The summed E-state index contributed by atoms with van der Waals surface area (Å²) in [6, 6.07) is 14.9. The number of pyridine rings is 1. The molecule has 0 radical (unpaired) electrons. The van der Waals surface area contributed by atoms with Crippen LogP contribution in [0.2, 0.25) is 9.36 Å². The number of halogens is 2. The topological polar surface area (TPSA) is 57.3 Å². The number of aromatic nitrogens is 1. The van der Waals surface area contributed by atoms with Crippen molar-refractivity contribution in [1.29, 1.82) is 0 Å². The van der Waals surface area contributed by atoms with Gasteiger partial charge in [-0.3, -0.25) is 9.78 Å². The summed E-state index contributed by atoms with van der Waals surface area (Å²) in [5.74, 6) is -0.229. The van der Waals surface area contributed by atoms with E-state index in [1.54, 1.807) is 12.3 Å². The summed E-state index contributed by atoms with van der Waals surface area (Å²) in [6.07, 6.45) is 1.77. The first-order valence-electron chi connectivity index (χ1n) is 9.71. The molecule has 1 saturated heterocycles. The molecule has 2 unspecified atom stereocenters. The number of benzene rings is 1. The molecule has 1 aliphatic rings. The summed E-state index contributed by atoms with van der Waals surface area (Å²) in [4.78, 5) is 19.7. The minimum Gasteiger partial charge on any atom is -0.351 e. The maximum atomic E-state index is 12.1. The van der Waals surface area contributed by atoms with Gasteiger partial charge in [0.2, 0.25) is 5.91 Å². The van der Waals surface area contributed by atoms with Crippen LogP contribution in [0.1, 0.15) is 36.5 Å². The number of hydrogen-bond acceptors (Lipinski definition) is 4. The average molecular weight is 491 g/mol. The molecule has 160 valence electrons. The van der Waals surface area contributed by atoms with Gasteiger partial charge in [0.1, 0.15) is 0 Å². The van der Waals surface area contributed by atoms with E-state index in [0.717, 1.165) is 16.3 Å². The number of hydrogen-bond donors (Lipinski definition) is 2. The predicted molar refractivity (Wildman–Crippen MR) is 132 cm³/mol. The number of rotatable bonds is 5. The Hall–Kier alpha value is -2.19. The number of carbonyl (C=O) groups excluding carboxylic acids is 1. The average Bonchev–Trinajstić information content (AvgIpc) is 3.32. The van der Waals surface area contributed by atoms with Gasteiger partial charge in [0.25, 0.3) is 0 Å². The Bertz CT molecular complexity index is 1120. The zero-order valence-electron chi connectivity index (χ0n) is 16.8. The quantitative estimate of drug-likeness (QED) is 0.415. The lowest BCUT2D eigenvalue weighted by Gasteiger charge is -2.27. The van der Waals surface area contributed by atoms with Gasteiger partial charge in [-0.1, -0.05) is 43.1 Å². The molecule has 0 spiro atoms. The molecular formula is C22H20Cl2N4OS2. The van der Waals surface area contributed by atoms with Crippen LogP contribution in [0.3, 0.4) is 0 Å². The third-order valence-electron chi connectivity index (χ3n) is 5.00. The lowest BCUT2D eigenvalue weighted by molar-refractivity contribution is -0.118. The number of nitrogens with one attached hydrogen (secondary N) is 2. The van der Waals surface area contributed by atoms with Gasteiger partial charge in [-0.15, -0.1) is 11.3 Å². The second-order valence-corrected chi connectivity index (χ2v) is 9.99. The van der Waals surface area contributed by atoms with Crippen LogP contribution in [0.4, 0.5) is 11.4 Å². The van der Waals surface area contributed by atoms with Crippen molar-refractivity contribution in [2.24, 2.45) is 5.92 Å². The molecule has 3 aromatic rings. The molecule has 3 heterocycles. The first kappa shape index (κ1) is 22.0. The van der Waals surface area contributed by atoms with Crippen molar-refractivity contribution in [2.75, 3.05) is 10.2 Å². The summed E-state index contributed by atoms with van der Waals surface area (Å²) in [7, 11) is 0. The zero-order chi connectivity index (χ0) is 22.1. The molecule has 0 aliphatic carbocycles. The molecule has 1 amide bonds. The standard InChI is InChI=1S/C22H20Cl2N4OS2/c1-12(2)21(29)26-15-7-6-13(11-14(15)23)28-20(17-8-9-18(24)31-17)19(27-22(28)30)16-5-3-4-10-25-16/h3-12,19-20H,1-2H3,(H,26,29)(H,27,30). The maximum Gasteiger partial charge on any atom is 0.226 e. The van der Waals surface area contributed by atoms with E-state index in [0.29, 0.717) is 20.2 Å². The number of anilines is 2.